The number of ether oxygens (including phenoxy) is 1. The number of anilines is 1. The molecule has 4 rings (SSSR count). The summed E-state index contributed by atoms with van der Waals surface area (Å²) in [6.07, 6.45) is 8.17. The largest absolute Gasteiger partial charge is 0.486 e. The fourth-order valence-electron chi connectivity index (χ4n) is 4.78. The summed E-state index contributed by atoms with van der Waals surface area (Å²) in [6, 6.07) is 4.79. The van der Waals surface area contributed by atoms with Crippen LogP contribution in [-0.4, -0.2) is 69.5 Å². The number of nitrogens with zero attached hydrogens (tertiary/aromatic N) is 2. The van der Waals surface area contributed by atoms with Gasteiger partial charge in [0.25, 0.3) is 0 Å². The number of hydrogen-bond donors (Lipinski definition) is 2. The maximum atomic E-state index is 11.8. The van der Waals surface area contributed by atoms with Crippen LogP contribution in [0.4, 0.5) is 10.5 Å². The quantitative estimate of drug-likeness (QED) is 0.637. The van der Waals surface area contributed by atoms with Gasteiger partial charge in [0.1, 0.15) is 12.4 Å². The van der Waals surface area contributed by atoms with E-state index in [4.69, 9.17) is 4.74 Å². The topological polar surface area (TPSA) is 91.0 Å². The second kappa shape index (κ2) is 12.7. The summed E-state index contributed by atoms with van der Waals surface area (Å²) >= 11 is 0. The van der Waals surface area contributed by atoms with Gasteiger partial charge in [-0.1, -0.05) is 6.07 Å². The van der Waals surface area contributed by atoms with E-state index >= 15 is 0 Å². The third-order valence-corrected chi connectivity index (χ3v) is 6.81. The van der Waals surface area contributed by atoms with Gasteiger partial charge in [-0.3, -0.25) is 19.8 Å². The summed E-state index contributed by atoms with van der Waals surface area (Å²) in [5, 5.41) is 5.72. The lowest BCUT2D eigenvalue weighted by Crippen LogP contribution is -2.49. The van der Waals surface area contributed by atoms with E-state index in [-0.39, 0.29) is 18.9 Å². The highest BCUT2D eigenvalue weighted by atomic mass is 16.5. The van der Waals surface area contributed by atoms with E-state index in [1.54, 1.807) is 18.2 Å². The normalized spacial score (nSPS) is 20.6. The van der Waals surface area contributed by atoms with Gasteiger partial charge in [0.2, 0.25) is 5.91 Å². The van der Waals surface area contributed by atoms with Crippen LogP contribution in [0.15, 0.2) is 18.2 Å². The average Bonchev–Trinajstić information content (AvgIpc) is 2.81. The van der Waals surface area contributed by atoms with Crippen LogP contribution in [0.5, 0.6) is 5.75 Å². The molecule has 3 saturated heterocycles. The molecular weight excluding hydrogens is 420 g/mol. The van der Waals surface area contributed by atoms with E-state index < -0.39 is 6.03 Å². The fraction of sp³-hybridized carbons (Fsp3) is 0.640. The van der Waals surface area contributed by atoms with Crippen molar-refractivity contribution in [3.05, 3.63) is 23.8 Å². The number of likely N-dealkylation sites (tertiary alicyclic amines) is 1. The zero-order valence-electron chi connectivity index (χ0n) is 20.0. The van der Waals surface area contributed by atoms with Gasteiger partial charge < -0.3 is 15.0 Å². The second-order valence-corrected chi connectivity index (χ2v) is 9.36. The summed E-state index contributed by atoms with van der Waals surface area (Å²) in [5.41, 5.74) is 1.57. The lowest BCUT2D eigenvalue weighted by molar-refractivity contribution is -0.120. The predicted molar refractivity (Wildman–Crippen MR) is 129 cm³/mol. The number of carbonyl (C=O) groups excluding carboxylic acids is 3. The molecule has 1 aromatic carbocycles. The number of carbonyl (C=O) groups is 3. The molecular formula is C25H38N4O4. The monoisotopic (exact) mass is 458 g/mol. The summed E-state index contributed by atoms with van der Waals surface area (Å²) < 4.78 is 5.20. The molecule has 33 heavy (non-hydrogen) atoms. The molecule has 0 aromatic heterocycles. The van der Waals surface area contributed by atoms with Crippen LogP contribution in [0.25, 0.3) is 0 Å². The smallest absolute Gasteiger partial charge is 0.328 e. The number of piperidine rings is 2. The highest BCUT2D eigenvalue weighted by Crippen LogP contribution is 2.28. The van der Waals surface area contributed by atoms with Crippen molar-refractivity contribution in [1.82, 2.24) is 15.5 Å². The molecule has 0 bridgehead atoms. The molecule has 3 amide bonds. The van der Waals surface area contributed by atoms with Crippen molar-refractivity contribution in [2.45, 2.75) is 45.4 Å². The number of nitrogens with one attached hydrogen (secondary N) is 2. The lowest BCUT2D eigenvalue weighted by atomic mass is 9.83. The molecule has 3 heterocycles. The first kappa shape index (κ1) is 25.2. The van der Waals surface area contributed by atoms with Crippen LogP contribution in [-0.2, 0) is 9.59 Å². The molecule has 3 fully saturated rings. The Morgan fingerprint density at radius 1 is 1.06 bits per heavy atom. The third kappa shape index (κ3) is 7.82. The average molecular weight is 459 g/mol. The molecule has 0 saturated carbocycles. The van der Waals surface area contributed by atoms with Crippen molar-refractivity contribution >= 4 is 23.9 Å². The van der Waals surface area contributed by atoms with Gasteiger partial charge in [0.05, 0.1) is 5.69 Å². The summed E-state index contributed by atoms with van der Waals surface area (Å²) in [5.74, 6) is 2.31. The number of hydrogen-bond acceptors (Lipinski definition) is 6. The Kier molecular flexibility index (Phi) is 9.69. The Hall–Kier alpha value is -2.45. The number of benzene rings is 1. The number of urea groups is 1. The Balaban J connectivity index is 0.000000194. The fourth-order valence-corrected chi connectivity index (χ4v) is 4.78. The number of amides is 3. The zero-order chi connectivity index (χ0) is 23.6. The van der Waals surface area contributed by atoms with Gasteiger partial charge in [0.15, 0.2) is 6.29 Å². The van der Waals surface area contributed by atoms with Gasteiger partial charge in [-0.05, 0) is 95.7 Å². The van der Waals surface area contributed by atoms with E-state index in [0.717, 1.165) is 17.4 Å². The molecule has 3 aliphatic rings. The molecule has 3 aliphatic heterocycles. The third-order valence-electron chi connectivity index (χ3n) is 6.81. The van der Waals surface area contributed by atoms with Crippen molar-refractivity contribution in [3.63, 3.8) is 0 Å². The molecule has 2 N–H and O–H groups in total. The zero-order valence-corrected chi connectivity index (χ0v) is 20.0. The highest BCUT2D eigenvalue weighted by molar-refractivity contribution is 6.06. The van der Waals surface area contributed by atoms with Crippen LogP contribution in [0.2, 0.25) is 0 Å². The van der Waals surface area contributed by atoms with Gasteiger partial charge >= 0.3 is 6.03 Å². The second-order valence-electron chi connectivity index (χ2n) is 9.36. The van der Waals surface area contributed by atoms with E-state index in [9.17, 15) is 14.4 Å². The van der Waals surface area contributed by atoms with Crippen LogP contribution in [0.3, 0.4) is 0 Å². The Morgan fingerprint density at radius 2 is 1.76 bits per heavy atom. The highest BCUT2D eigenvalue weighted by Gasteiger charge is 2.25. The van der Waals surface area contributed by atoms with E-state index in [0.29, 0.717) is 24.3 Å². The molecule has 0 spiro atoms. The van der Waals surface area contributed by atoms with Crippen molar-refractivity contribution in [2.24, 2.45) is 11.8 Å². The molecule has 0 aliphatic carbocycles. The lowest BCUT2D eigenvalue weighted by Gasteiger charge is -2.32. The van der Waals surface area contributed by atoms with Gasteiger partial charge in [-0.25, -0.2) is 4.79 Å². The maximum absolute atomic E-state index is 11.8. The molecule has 0 radical (unpaired) electrons. The minimum Gasteiger partial charge on any atom is -0.486 e. The van der Waals surface area contributed by atoms with Crippen LogP contribution in [0.1, 0.15) is 44.1 Å². The standard InChI is InChI=1S/C13H14N2O4.C12H24N2/c1-9-2-3-10(19-7-6-16)8-11(9)15-5-4-12(17)14-13(15)18;1-14-8-4-12(5-9-14)10-11-2-6-13-7-3-11/h2-3,6,8H,4-5,7H2,1H3,(H,14,17,18);11-13H,2-10H2,1H3. The maximum Gasteiger partial charge on any atom is 0.328 e. The molecule has 0 atom stereocenters. The molecule has 182 valence electrons. The summed E-state index contributed by atoms with van der Waals surface area (Å²) in [4.78, 5) is 37.1. The van der Waals surface area contributed by atoms with Crippen molar-refractivity contribution < 1.29 is 19.1 Å². The number of aryl methyl sites for hydroxylation is 1. The van der Waals surface area contributed by atoms with Crippen molar-refractivity contribution in [2.75, 3.05) is 51.3 Å². The van der Waals surface area contributed by atoms with Crippen molar-refractivity contribution in [3.8, 4) is 5.75 Å². The van der Waals surface area contributed by atoms with Gasteiger partial charge in [0, 0.05) is 19.0 Å². The SMILES string of the molecule is CN1CCC(CC2CCNCC2)CC1.Cc1ccc(OCC=O)cc1N1CCC(=O)NC1=O. The van der Waals surface area contributed by atoms with E-state index in [2.05, 4.69) is 22.6 Å². The molecule has 8 nitrogen and oxygen atoms in total. The summed E-state index contributed by atoms with van der Waals surface area (Å²) in [6.45, 7) is 7.35. The van der Waals surface area contributed by atoms with Crippen molar-refractivity contribution in [1.29, 1.82) is 0 Å². The molecule has 1 aromatic rings. The Labute approximate surface area is 197 Å². The first-order valence-corrected chi connectivity index (χ1v) is 12.1. The minimum atomic E-state index is -0.438. The van der Waals surface area contributed by atoms with Crippen LogP contribution >= 0.6 is 0 Å². The number of rotatable bonds is 6. The Bertz CT molecular complexity index is 802. The number of aldehydes is 1. The minimum absolute atomic E-state index is 0.0345. The Morgan fingerprint density at radius 3 is 2.42 bits per heavy atom. The predicted octanol–water partition coefficient (Wildman–Crippen LogP) is 2.74. The first-order chi connectivity index (χ1) is 16.0. The molecule has 0 unspecified atom stereocenters. The van der Waals surface area contributed by atoms with E-state index in [1.165, 1.54) is 63.2 Å². The van der Waals surface area contributed by atoms with E-state index in [1.807, 2.05) is 6.92 Å². The van der Waals surface area contributed by atoms with Gasteiger partial charge in [-0.2, -0.15) is 0 Å². The summed E-state index contributed by atoms with van der Waals surface area (Å²) in [7, 11) is 2.25. The van der Waals surface area contributed by atoms with Crippen LogP contribution in [0, 0.1) is 18.8 Å². The van der Waals surface area contributed by atoms with Gasteiger partial charge in [-0.15, -0.1) is 0 Å². The number of imide groups is 1. The molecule has 8 heteroatoms. The van der Waals surface area contributed by atoms with Crippen LogP contribution < -0.4 is 20.3 Å². The first-order valence-electron chi connectivity index (χ1n) is 12.1.